The van der Waals surface area contributed by atoms with Crippen molar-refractivity contribution in [3.05, 3.63) is 30.1 Å². The van der Waals surface area contributed by atoms with Crippen LogP contribution in [-0.4, -0.2) is 34.4 Å². The molecule has 19 heavy (non-hydrogen) atoms. The van der Waals surface area contributed by atoms with Crippen molar-refractivity contribution in [2.75, 3.05) is 12.3 Å². The molecular formula is C10H13N5O2S2. The van der Waals surface area contributed by atoms with Gasteiger partial charge in [-0.25, -0.2) is 8.42 Å². The van der Waals surface area contributed by atoms with E-state index in [9.17, 15) is 8.42 Å². The van der Waals surface area contributed by atoms with Crippen molar-refractivity contribution in [1.82, 2.24) is 19.5 Å². The third kappa shape index (κ3) is 3.06. The zero-order valence-corrected chi connectivity index (χ0v) is 11.9. The van der Waals surface area contributed by atoms with Crippen molar-refractivity contribution in [3.8, 4) is 0 Å². The molecule has 0 saturated carbocycles. The van der Waals surface area contributed by atoms with E-state index >= 15 is 0 Å². The first-order chi connectivity index (χ1) is 9.04. The van der Waals surface area contributed by atoms with Gasteiger partial charge in [0.25, 0.3) is 10.0 Å². The van der Waals surface area contributed by atoms with Gasteiger partial charge >= 0.3 is 0 Å². The van der Waals surface area contributed by atoms with Gasteiger partial charge in [0.2, 0.25) is 9.47 Å². The number of aromatic nitrogens is 3. The van der Waals surface area contributed by atoms with Crippen molar-refractivity contribution in [1.29, 1.82) is 0 Å². The van der Waals surface area contributed by atoms with Crippen LogP contribution in [0.5, 0.6) is 0 Å². The Bertz CT molecular complexity index is 641. The zero-order valence-electron chi connectivity index (χ0n) is 10.2. The Morgan fingerprint density at radius 2 is 2.16 bits per heavy atom. The Labute approximate surface area is 115 Å². The Morgan fingerprint density at radius 1 is 1.37 bits per heavy atom. The fourth-order valence-corrected chi connectivity index (χ4v) is 3.82. The third-order valence-corrected chi connectivity index (χ3v) is 5.42. The molecule has 0 aliphatic rings. The number of nitrogen functional groups attached to an aromatic ring is 1. The lowest BCUT2D eigenvalue weighted by atomic mass is 10.3. The van der Waals surface area contributed by atoms with Gasteiger partial charge in [0.15, 0.2) is 0 Å². The summed E-state index contributed by atoms with van der Waals surface area (Å²) in [5, 5.41) is 7.25. The summed E-state index contributed by atoms with van der Waals surface area (Å²) in [5.41, 5.74) is 6.09. The summed E-state index contributed by atoms with van der Waals surface area (Å²) in [6, 6.07) is 5.36. The first-order valence-corrected chi connectivity index (χ1v) is 7.78. The minimum atomic E-state index is -3.67. The summed E-state index contributed by atoms with van der Waals surface area (Å²) in [7, 11) is -3.67. The average molecular weight is 299 g/mol. The van der Waals surface area contributed by atoms with E-state index in [4.69, 9.17) is 5.73 Å². The van der Waals surface area contributed by atoms with Gasteiger partial charge in [-0.3, -0.25) is 4.98 Å². The molecule has 0 aromatic carbocycles. The predicted octanol–water partition coefficient (Wildman–Crippen LogP) is 0.726. The molecule has 0 spiro atoms. The molecule has 0 radical (unpaired) electrons. The molecule has 7 nitrogen and oxygen atoms in total. The second-order valence-electron chi connectivity index (χ2n) is 3.66. The molecule has 102 valence electrons. The van der Waals surface area contributed by atoms with Gasteiger partial charge in [-0.2, -0.15) is 4.31 Å². The first kappa shape index (κ1) is 13.8. The number of pyridine rings is 1. The molecule has 0 amide bonds. The highest BCUT2D eigenvalue weighted by atomic mass is 32.2. The van der Waals surface area contributed by atoms with Gasteiger partial charge in [0.05, 0.1) is 12.2 Å². The van der Waals surface area contributed by atoms with Crippen molar-refractivity contribution in [2.45, 2.75) is 17.8 Å². The number of rotatable bonds is 5. The number of nitrogens with zero attached hydrogens (tertiary/aromatic N) is 4. The van der Waals surface area contributed by atoms with Crippen LogP contribution in [0.25, 0.3) is 0 Å². The Hall–Kier alpha value is -1.58. The van der Waals surface area contributed by atoms with E-state index in [0.717, 1.165) is 11.3 Å². The third-order valence-electron chi connectivity index (χ3n) is 2.40. The molecule has 2 N–H and O–H groups in total. The van der Waals surface area contributed by atoms with Gasteiger partial charge in [0, 0.05) is 12.7 Å². The molecule has 2 heterocycles. The number of hydrogen-bond donors (Lipinski definition) is 1. The summed E-state index contributed by atoms with van der Waals surface area (Å²) in [6.07, 6.45) is 1.62. The summed E-state index contributed by atoms with van der Waals surface area (Å²) in [6.45, 7) is 2.27. The summed E-state index contributed by atoms with van der Waals surface area (Å²) < 4.78 is 25.9. The van der Waals surface area contributed by atoms with E-state index in [-0.39, 0.29) is 16.0 Å². The minimum Gasteiger partial charge on any atom is -0.374 e. The SMILES string of the molecule is CCN(Cc1ccccn1)S(=O)(=O)c1nnc(N)s1. The van der Waals surface area contributed by atoms with Crippen LogP contribution in [0.2, 0.25) is 0 Å². The fourth-order valence-electron chi connectivity index (χ4n) is 1.47. The lowest BCUT2D eigenvalue weighted by molar-refractivity contribution is 0.418. The molecule has 9 heteroatoms. The second kappa shape index (κ2) is 5.59. The number of sulfonamides is 1. The van der Waals surface area contributed by atoms with Gasteiger partial charge in [-0.05, 0) is 12.1 Å². The highest BCUT2D eigenvalue weighted by molar-refractivity contribution is 7.91. The van der Waals surface area contributed by atoms with Crippen LogP contribution in [0, 0.1) is 0 Å². The van der Waals surface area contributed by atoms with Crippen molar-refractivity contribution in [2.24, 2.45) is 0 Å². The molecular weight excluding hydrogens is 286 g/mol. The quantitative estimate of drug-likeness (QED) is 0.873. The van der Waals surface area contributed by atoms with Crippen molar-refractivity contribution < 1.29 is 8.42 Å². The summed E-state index contributed by atoms with van der Waals surface area (Å²) in [4.78, 5) is 4.12. The number of hydrogen-bond acceptors (Lipinski definition) is 7. The normalized spacial score (nSPS) is 11.9. The maximum absolute atomic E-state index is 12.3. The van der Waals surface area contributed by atoms with Crippen LogP contribution in [-0.2, 0) is 16.6 Å². The molecule has 2 aromatic rings. The van der Waals surface area contributed by atoms with Crippen molar-refractivity contribution in [3.63, 3.8) is 0 Å². The van der Waals surface area contributed by atoms with Crippen LogP contribution < -0.4 is 5.73 Å². The standard InChI is InChI=1S/C10H13N5O2S2/c1-2-15(7-8-5-3-4-6-12-8)19(16,17)10-14-13-9(11)18-10/h3-6H,2,7H2,1H3,(H2,11,13). The molecule has 0 saturated heterocycles. The highest BCUT2D eigenvalue weighted by Crippen LogP contribution is 2.22. The lowest BCUT2D eigenvalue weighted by Gasteiger charge is -2.17. The minimum absolute atomic E-state index is 0.0946. The molecule has 0 aliphatic heterocycles. The van der Waals surface area contributed by atoms with Gasteiger partial charge in [-0.15, -0.1) is 10.2 Å². The Morgan fingerprint density at radius 3 is 2.68 bits per heavy atom. The monoisotopic (exact) mass is 299 g/mol. The van der Waals surface area contributed by atoms with Crippen LogP contribution >= 0.6 is 11.3 Å². The fraction of sp³-hybridized carbons (Fsp3) is 0.300. The lowest BCUT2D eigenvalue weighted by Crippen LogP contribution is -2.30. The van der Waals surface area contributed by atoms with Crippen LogP contribution in [0.3, 0.4) is 0 Å². The summed E-state index contributed by atoms with van der Waals surface area (Å²) >= 11 is 0.854. The first-order valence-electron chi connectivity index (χ1n) is 5.53. The van der Waals surface area contributed by atoms with Gasteiger partial charge in [0.1, 0.15) is 0 Å². The van der Waals surface area contributed by atoms with Gasteiger partial charge < -0.3 is 5.73 Å². The van der Waals surface area contributed by atoms with E-state index in [0.29, 0.717) is 12.2 Å². The van der Waals surface area contributed by atoms with E-state index in [1.165, 1.54) is 4.31 Å². The Kier molecular flexibility index (Phi) is 4.08. The van der Waals surface area contributed by atoms with E-state index in [1.54, 1.807) is 25.3 Å². The largest absolute Gasteiger partial charge is 0.374 e. The molecule has 2 aromatic heterocycles. The molecule has 0 aliphatic carbocycles. The van der Waals surface area contributed by atoms with E-state index in [1.807, 2.05) is 6.07 Å². The van der Waals surface area contributed by atoms with Gasteiger partial charge in [-0.1, -0.05) is 24.3 Å². The van der Waals surface area contributed by atoms with Crippen LogP contribution in [0.4, 0.5) is 5.13 Å². The Balaban J connectivity index is 2.27. The number of anilines is 1. The zero-order chi connectivity index (χ0) is 13.9. The summed E-state index contributed by atoms with van der Waals surface area (Å²) in [5.74, 6) is 0. The molecule has 0 atom stereocenters. The van der Waals surface area contributed by atoms with Crippen LogP contribution in [0.15, 0.2) is 28.7 Å². The second-order valence-corrected chi connectivity index (χ2v) is 6.78. The molecule has 0 fully saturated rings. The molecule has 0 unspecified atom stereocenters. The molecule has 0 bridgehead atoms. The maximum Gasteiger partial charge on any atom is 0.272 e. The van der Waals surface area contributed by atoms with Crippen LogP contribution in [0.1, 0.15) is 12.6 Å². The van der Waals surface area contributed by atoms with Crippen molar-refractivity contribution >= 4 is 26.5 Å². The topological polar surface area (TPSA) is 102 Å². The van der Waals surface area contributed by atoms with E-state index < -0.39 is 10.0 Å². The number of nitrogens with two attached hydrogens (primary N) is 1. The van der Waals surface area contributed by atoms with E-state index in [2.05, 4.69) is 15.2 Å². The highest BCUT2D eigenvalue weighted by Gasteiger charge is 2.27. The predicted molar refractivity (Wildman–Crippen MR) is 71.8 cm³/mol. The smallest absolute Gasteiger partial charge is 0.272 e. The maximum atomic E-state index is 12.3. The molecule has 2 rings (SSSR count). The average Bonchev–Trinajstić information content (AvgIpc) is 2.84.